The average molecular weight is 342 g/mol. The molecule has 7 heteroatoms. The van der Waals surface area contributed by atoms with Crippen LogP contribution in [0.25, 0.3) is 0 Å². The summed E-state index contributed by atoms with van der Waals surface area (Å²) < 4.78 is 11.1. The van der Waals surface area contributed by atoms with Crippen molar-refractivity contribution < 1.29 is 24.2 Å². The summed E-state index contributed by atoms with van der Waals surface area (Å²) in [6.45, 7) is 2.96. The van der Waals surface area contributed by atoms with Gasteiger partial charge in [-0.2, -0.15) is 0 Å². The molecule has 1 aromatic heterocycles. The summed E-state index contributed by atoms with van der Waals surface area (Å²) in [6.07, 6.45) is 0.657. The molecule has 0 aliphatic carbocycles. The second-order valence-electron chi connectivity index (χ2n) is 5.55. The highest BCUT2D eigenvalue weighted by Crippen LogP contribution is 2.33. The van der Waals surface area contributed by atoms with E-state index in [2.05, 4.69) is 10.3 Å². The zero-order valence-corrected chi connectivity index (χ0v) is 13.7. The van der Waals surface area contributed by atoms with E-state index < -0.39 is 11.9 Å². The minimum atomic E-state index is -1.17. The van der Waals surface area contributed by atoms with Crippen LogP contribution in [0.15, 0.2) is 36.4 Å². The third-order valence-electron chi connectivity index (χ3n) is 3.88. The normalized spacial score (nSPS) is 13.8. The number of carbonyl (C=O) groups excluding carboxylic acids is 1. The highest BCUT2D eigenvalue weighted by atomic mass is 16.6. The fourth-order valence-electron chi connectivity index (χ4n) is 2.61. The van der Waals surface area contributed by atoms with Crippen molar-refractivity contribution in [1.29, 1.82) is 0 Å². The molecule has 2 N–H and O–H groups in total. The minimum Gasteiger partial charge on any atom is -0.486 e. The molecule has 0 saturated carbocycles. The second kappa shape index (κ2) is 7.21. The van der Waals surface area contributed by atoms with Crippen LogP contribution in [0, 0.1) is 0 Å². The summed E-state index contributed by atoms with van der Waals surface area (Å²) in [5.74, 6) is -0.257. The number of nitrogens with one attached hydrogen (secondary N) is 1. The van der Waals surface area contributed by atoms with Crippen molar-refractivity contribution in [2.45, 2.75) is 19.4 Å². The number of carboxylic acids is 1. The van der Waals surface area contributed by atoms with Crippen LogP contribution < -0.4 is 14.8 Å². The van der Waals surface area contributed by atoms with Gasteiger partial charge in [-0.3, -0.25) is 4.79 Å². The lowest BCUT2D eigenvalue weighted by molar-refractivity contribution is 0.0690. The number of rotatable bonds is 5. The topological polar surface area (TPSA) is 97.8 Å². The van der Waals surface area contributed by atoms with Crippen LogP contribution in [0.1, 0.15) is 45.9 Å². The molecule has 25 heavy (non-hydrogen) atoms. The monoisotopic (exact) mass is 342 g/mol. The Morgan fingerprint density at radius 1 is 1.16 bits per heavy atom. The lowest BCUT2D eigenvalue weighted by Crippen LogP contribution is -2.29. The quantitative estimate of drug-likeness (QED) is 0.866. The van der Waals surface area contributed by atoms with Crippen LogP contribution in [0.3, 0.4) is 0 Å². The molecule has 1 amide bonds. The maximum absolute atomic E-state index is 12.4. The number of nitrogens with zero attached hydrogens (tertiary/aromatic N) is 1. The SMILES string of the molecule is CCC(NC(=O)c1cccc(C(=O)O)n1)c1ccc2c(c1)OCCO2. The maximum Gasteiger partial charge on any atom is 0.354 e. The Hall–Kier alpha value is -3.09. The predicted molar refractivity (Wildman–Crippen MR) is 89.1 cm³/mol. The molecule has 0 saturated heterocycles. The van der Waals surface area contributed by atoms with Crippen LogP contribution in [0.4, 0.5) is 0 Å². The molecule has 3 rings (SSSR count). The van der Waals surface area contributed by atoms with E-state index in [-0.39, 0.29) is 17.4 Å². The Morgan fingerprint density at radius 3 is 2.60 bits per heavy atom. The van der Waals surface area contributed by atoms with Crippen LogP contribution in [0.5, 0.6) is 11.5 Å². The van der Waals surface area contributed by atoms with E-state index >= 15 is 0 Å². The van der Waals surface area contributed by atoms with E-state index in [0.717, 1.165) is 5.56 Å². The zero-order valence-electron chi connectivity index (χ0n) is 13.7. The molecule has 0 radical (unpaired) electrons. The molecule has 1 atom stereocenters. The largest absolute Gasteiger partial charge is 0.486 e. The standard InChI is InChI=1S/C18H18N2O5/c1-2-12(11-6-7-15-16(10-11)25-9-8-24-15)20-17(21)13-4-3-5-14(19-13)18(22)23/h3-7,10,12H,2,8-9H2,1H3,(H,20,21)(H,22,23). The number of carbonyl (C=O) groups is 2. The fraction of sp³-hybridized carbons (Fsp3) is 0.278. The molecular weight excluding hydrogens is 324 g/mol. The van der Waals surface area contributed by atoms with Crippen LogP contribution in [0.2, 0.25) is 0 Å². The smallest absolute Gasteiger partial charge is 0.354 e. The van der Waals surface area contributed by atoms with E-state index in [1.807, 2.05) is 25.1 Å². The molecular formula is C18H18N2O5. The molecule has 1 aliphatic rings. The van der Waals surface area contributed by atoms with Gasteiger partial charge in [0.15, 0.2) is 11.5 Å². The summed E-state index contributed by atoms with van der Waals surface area (Å²) in [4.78, 5) is 27.3. The Bertz CT molecular complexity index is 806. The lowest BCUT2D eigenvalue weighted by atomic mass is 10.0. The number of fused-ring (bicyclic) bond motifs is 1. The molecule has 1 aromatic carbocycles. The molecule has 0 bridgehead atoms. The number of ether oxygens (including phenoxy) is 2. The molecule has 0 spiro atoms. The fourth-order valence-corrected chi connectivity index (χ4v) is 2.61. The van der Waals surface area contributed by atoms with Gasteiger partial charge in [-0.15, -0.1) is 0 Å². The minimum absolute atomic E-state index is 0.0656. The zero-order chi connectivity index (χ0) is 17.8. The van der Waals surface area contributed by atoms with Gasteiger partial charge in [-0.1, -0.05) is 19.1 Å². The summed E-state index contributed by atoms with van der Waals surface area (Å²) in [6, 6.07) is 9.62. The van der Waals surface area contributed by atoms with Crippen molar-refractivity contribution >= 4 is 11.9 Å². The molecule has 1 unspecified atom stereocenters. The first-order valence-corrected chi connectivity index (χ1v) is 7.99. The number of amides is 1. The number of hydrogen-bond acceptors (Lipinski definition) is 5. The summed E-state index contributed by atoms with van der Waals surface area (Å²) in [5, 5.41) is 11.9. The number of pyridine rings is 1. The van der Waals surface area contributed by atoms with E-state index in [1.165, 1.54) is 18.2 Å². The van der Waals surface area contributed by atoms with Gasteiger partial charge >= 0.3 is 5.97 Å². The molecule has 2 aromatic rings. The first-order valence-electron chi connectivity index (χ1n) is 7.99. The van der Waals surface area contributed by atoms with Gasteiger partial charge < -0.3 is 19.9 Å². The summed E-state index contributed by atoms with van der Waals surface area (Å²) in [5.41, 5.74) is 0.783. The first kappa shape index (κ1) is 16.8. The van der Waals surface area contributed by atoms with Crippen molar-refractivity contribution in [3.05, 3.63) is 53.3 Å². The molecule has 7 nitrogen and oxygen atoms in total. The molecule has 0 fully saturated rings. The highest BCUT2D eigenvalue weighted by Gasteiger charge is 2.19. The van der Waals surface area contributed by atoms with Crippen LogP contribution in [-0.2, 0) is 0 Å². The molecule has 130 valence electrons. The van der Waals surface area contributed by atoms with Crippen molar-refractivity contribution in [3.63, 3.8) is 0 Å². The highest BCUT2D eigenvalue weighted by molar-refractivity contribution is 5.94. The third kappa shape index (κ3) is 3.71. The number of benzene rings is 1. The van der Waals surface area contributed by atoms with Gasteiger partial charge in [0, 0.05) is 0 Å². The van der Waals surface area contributed by atoms with E-state index in [1.54, 1.807) is 0 Å². The van der Waals surface area contributed by atoms with Gasteiger partial charge in [-0.25, -0.2) is 9.78 Å². The number of carboxylic acid groups (broad SMARTS) is 1. The maximum atomic E-state index is 12.4. The van der Waals surface area contributed by atoms with Crippen molar-refractivity contribution in [1.82, 2.24) is 10.3 Å². The molecule has 2 heterocycles. The van der Waals surface area contributed by atoms with Crippen molar-refractivity contribution in [3.8, 4) is 11.5 Å². The Labute approximate surface area is 144 Å². The Morgan fingerprint density at radius 2 is 1.88 bits per heavy atom. The van der Waals surface area contributed by atoms with Crippen LogP contribution in [-0.4, -0.2) is 35.2 Å². The van der Waals surface area contributed by atoms with Gasteiger partial charge in [0.1, 0.15) is 24.6 Å². The van der Waals surface area contributed by atoms with Crippen LogP contribution >= 0.6 is 0 Å². The van der Waals surface area contributed by atoms with E-state index in [0.29, 0.717) is 31.1 Å². The van der Waals surface area contributed by atoms with Gasteiger partial charge in [-0.05, 0) is 36.2 Å². The van der Waals surface area contributed by atoms with Crippen molar-refractivity contribution in [2.75, 3.05) is 13.2 Å². The Balaban J connectivity index is 1.79. The lowest BCUT2D eigenvalue weighted by Gasteiger charge is -2.22. The summed E-state index contributed by atoms with van der Waals surface area (Å²) >= 11 is 0. The summed E-state index contributed by atoms with van der Waals surface area (Å²) in [7, 11) is 0. The second-order valence-corrected chi connectivity index (χ2v) is 5.55. The number of aromatic nitrogens is 1. The molecule has 1 aliphatic heterocycles. The van der Waals surface area contributed by atoms with Crippen molar-refractivity contribution in [2.24, 2.45) is 0 Å². The van der Waals surface area contributed by atoms with Gasteiger partial charge in [0.2, 0.25) is 0 Å². The number of aromatic carboxylic acids is 1. The third-order valence-corrected chi connectivity index (χ3v) is 3.88. The van der Waals surface area contributed by atoms with E-state index in [4.69, 9.17) is 14.6 Å². The average Bonchev–Trinajstić information content (AvgIpc) is 2.65. The first-order chi connectivity index (χ1) is 12.1. The van der Waals surface area contributed by atoms with E-state index in [9.17, 15) is 9.59 Å². The van der Waals surface area contributed by atoms with Gasteiger partial charge in [0.05, 0.1) is 6.04 Å². The number of hydrogen-bond donors (Lipinski definition) is 2. The van der Waals surface area contributed by atoms with Gasteiger partial charge in [0.25, 0.3) is 5.91 Å². The predicted octanol–water partition coefficient (Wildman–Crippen LogP) is 2.43. The Kier molecular flexibility index (Phi) is 4.83.